The molecule has 2 saturated heterocycles. The first-order valence-electron chi connectivity index (χ1n) is 8.16. The van der Waals surface area contributed by atoms with Crippen molar-refractivity contribution in [2.45, 2.75) is 31.3 Å². The third-order valence-electron chi connectivity index (χ3n) is 5.19. The van der Waals surface area contributed by atoms with Gasteiger partial charge in [0.15, 0.2) is 11.6 Å². The van der Waals surface area contributed by atoms with Gasteiger partial charge in [0.1, 0.15) is 5.78 Å². The molecule has 1 saturated carbocycles. The molecule has 2 heterocycles. The van der Waals surface area contributed by atoms with E-state index in [-0.39, 0.29) is 23.8 Å². The minimum Gasteiger partial charge on any atom is -0.399 e. The van der Waals surface area contributed by atoms with Gasteiger partial charge in [-0.05, 0) is 42.7 Å². The lowest BCUT2D eigenvalue weighted by Gasteiger charge is -2.52. The van der Waals surface area contributed by atoms with Gasteiger partial charge in [-0.3, -0.25) is 4.79 Å². The topological polar surface area (TPSA) is 46.3 Å². The Morgan fingerprint density at radius 2 is 1.88 bits per heavy atom. The van der Waals surface area contributed by atoms with Crippen LogP contribution < -0.4 is 10.6 Å². The van der Waals surface area contributed by atoms with Gasteiger partial charge in [0.2, 0.25) is 0 Å². The number of carbonyl (C=O) groups is 1. The number of halogens is 2. The summed E-state index contributed by atoms with van der Waals surface area (Å²) >= 11 is 0. The number of ketones is 1. The third-order valence-corrected chi connectivity index (χ3v) is 5.19. The molecule has 0 amide bonds. The Kier molecular flexibility index (Phi) is 3.52. The zero-order valence-corrected chi connectivity index (χ0v) is 13.1. The van der Waals surface area contributed by atoms with E-state index >= 15 is 0 Å². The lowest BCUT2D eigenvalue weighted by Crippen LogP contribution is -2.54. The predicted octanol–water partition coefficient (Wildman–Crippen LogP) is 3.85. The Hall–Kier alpha value is -2.43. The molecule has 5 heteroatoms. The molecule has 2 bridgehead atoms. The number of Topliss-reactive ketones (excluding diaryl/α,β-unsaturated/α-hetero) is 1. The zero-order valence-electron chi connectivity index (χ0n) is 13.1. The molecular formula is C19H18F2N2O. The van der Waals surface area contributed by atoms with Crippen molar-refractivity contribution in [1.29, 1.82) is 0 Å². The number of hydrogen-bond acceptors (Lipinski definition) is 3. The Bertz CT molecular complexity index is 808. The molecule has 3 atom stereocenters. The molecule has 2 aromatic carbocycles. The maximum atomic E-state index is 13.8. The van der Waals surface area contributed by atoms with Crippen LogP contribution in [0.4, 0.5) is 20.2 Å². The Balaban J connectivity index is 1.82. The molecular weight excluding hydrogens is 310 g/mol. The highest BCUT2D eigenvalue weighted by molar-refractivity contribution is 5.86. The summed E-state index contributed by atoms with van der Waals surface area (Å²) in [6.07, 6.45) is 2.17. The molecule has 3 fully saturated rings. The Labute approximate surface area is 139 Å². The van der Waals surface area contributed by atoms with Crippen molar-refractivity contribution in [3.05, 3.63) is 59.7 Å². The van der Waals surface area contributed by atoms with Gasteiger partial charge in [-0.2, -0.15) is 0 Å². The van der Waals surface area contributed by atoms with E-state index in [1.807, 2.05) is 18.2 Å². The lowest BCUT2D eigenvalue weighted by atomic mass is 9.71. The number of nitrogens with zero attached hydrogens (tertiary/aromatic N) is 1. The van der Waals surface area contributed by atoms with Crippen molar-refractivity contribution in [2.75, 3.05) is 10.6 Å². The molecule has 124 valence electrons. The lowest BCUT2D eigenvalue weighted by molar-refractivity contribution is -0.128. The predicted molar refractivity (Wildman–Crippen MR) is 88.6 cm³/mol. The van der Waals surface area contributed by atoms with E-state index in [9.17, 15) is 13.6 Å². The minimum atomic E-state index is -0.869. The van der Waals surface area contributed by atoms with Crippen molar-refractivity contribution < 1.29 is 13.6 Å². The van der Waals surface area contributed by atoms with Crippen molar-refractivity contribution in [1.82, 2.24) is 0 Å². The summed E-state index contributed by atoms with van der Waals surface area (Å²) in [6, 6.07) is 11.3. The fourth-order valence-corrected chi connectivity index (χ4v) is 4.16. The van der Waals surface area contributed by atoms with Gasteiger partial charge in [-0.25, -0.2) is 8.78 Å². The van der Waals surface area contributed by atoms with Crippen LogP contribution in [0, 0.1) is 17.6 Å². The van der Waals surface area contributed by atoms with Gasteiger partial charge in [0.05, 0.1) is 6.04 Å². The van der Waals surface area contributed by atoms with Gasteiger partial charge in [-0.1, -0.05) is 12.1 Å². The zero-order chi connectivity index (χ0) is 16.8. The molecule has 2 N–H and O–H groups in total. The average molecular weight is 328 g/mol. The summed E-state index contributed by atoms with van der Waals surface area (Å²) in [5.41, 5.74) is 8.11. The number of nitrogens with two attached hydrogens (primary N) is 1. The molecule has 3 unspecified atom stereocenters. The second-order valence-electron chi connectivity index (χ2n) is 6.63. The molecule has 3 nitrogen and oxygen atoms in total. The number of benzene rings is 2. The molecule has 0 spiro atoms. The van der Waals surface area contributed by atoms with Crippen molar-refractivity contribution in [2.24, 2.45) is 5.92 Å². The summed E-state index contributed by atoms with van der Waals surface area (Å²) in [5.74, 6) is -1.62. The van der Waals surface area contributed by atoms with Crippen LogP contribution >= 0.6 is 0 Å². The molecule has 2 aromatic rings. The fraction of sp³-hybridized carbons (Fsp3) is 0.316. The normalized spacial score (nSPS) is 26.0. The van der Waals surface area contributed by atoms with E-state index in [1.54, 1.807) is 12.1 Å². The molecule has 0 radical (unpaired) electrons. The van der Waals surface area contributed by atoms with E-state index in [2.05, 4.69) is 4.90 Å². The summed E-state index contributed by atoms with van der Waals surface area (Å²) in [4.78, 5) is 14.5. The van der Waals surface area contributed by atoms with Crippen LogP contribution in [0.2, 0.25) is 0 Å². The standard InChI is InChI=1S/C19H18F2N2O/c20-16-7-5-13(9-17(16)21)23-14-4-6-15(18(24)10-14)19(23)11-2-1-3-12(22)8-11/h1-3,5,7-9,14-15,19H,4,6,10,22H2. The average Bonchev–Trinajstić information content (AvgIpc) is 2.57. The molecule has 5 rings (SSSR count). The summed E-state index contributed by atoms with van der Waals surface area (Å²) in [5, 5.41) is 0. The molecule has 24 heavy (non-hydrogen) atoms. The molecule has 1 aliphatic carbocycles. The second-order valence-corrected chi connectivity index (χ2v) is 6.63. The van der Waals surface area contributed by atoms with Crippen molar-refractivity contribution >= 4 is 17.2 Å². The summed E-state index contributed by atoms with van der Waals surface area (Å²) in [7, 11) is 0. The number of anilines is 2. The number of nitrogen functional groups attached to an aromatic ring is 1. The maximum Gasteiger partial charge on any atom is 0.160 e. The fourth-order valence-electron chi connectivity index (χ4n) is 4.16. The smallest absolute Gasteiger partial charge is 0.160 e. The van der Waals surface area contributed by atoms with E-state index in [4.69, 9.17) is 5.73 Å². The first-order chi connectivity index (χ1) is 11.5. The monoisotopic (exact) mass is 328 g/mol. The first kappa shape index (κ1) is 15.1. The van der Waals surface area contributed by atoms with Gasteiger partial charge in [0, 0.05) is 35.8 Å². The van der Waals surface area contributed by atoms with Crippen LogP contribution in [0.5, 0.6) is 0 Å². The van der Waals surface area contributed by atoms with Gasteiger partial charge in [-0.15, -0.1) is 0 Å². The van der Waals surface area contributed by atoms with Crippen LogP contribution in [-0.4, -0.2) is 11.8 Å². The molecule has 2 aliphatic heterocycles. The first-order valence-corrected chi connectivity index (χ1v) is 8.16. The SMILES string of the molecule is Nc1cccc(C2C3CCC(CC3=O)N2c2ccc(F)c(F)c2)c1. The largest absolute Gasteiger partial charge is 0.399 e. The quantitative estimate of drug-likeness (QED) is 0.852. The highest BCUT2D eigenvalue weighted by Gasteiger charge is 2.47. The number of fused-ring (bicyclic) bond motifs is 3. The highest BCUT2D eigenvalue weighted by atomic mass is 19.2. The summed E-state index contributed by atoms with van der Waals surface area (Å²) < 4.78 is 27.1. The van der Waals surface area contributed by atoms with E-state index in [0.29, 0.717) is 17.8 Å². The second kappa shape index (κ2) is 5.58. The number of piperidine rings is 2. The highest BCUT2D eigenvalue weighted by Crippen LogP contribution is 2.48. The van der Waals surface area contributed by atoms with Crippen molar-refractivity contribution in [3.8, 4) is 0 Å². The maximum absolute atomic E-state index is 13.8. The van der Waals surface area contributed by atoms with Crippen LogP contribution in [0.15, 0.2) is 42.5 Å². The minimum absolute atomic E-state index is 0.0128. The van der Waals surface area contributed by atoms with Crippen LogP contribution in [-0.2, 0) is 4.79 Å². The van der Waals surface area contributed by atoms with Crippen molar-refractivity contribution in [3.63, 3.8) is 0 Å². The third kappa shape index (κ3) is 2.35. The van der Waals surface area contributed by atoms with Gasteiger partial charge in [0.25, 0.3) is 0 Å². The van der Waals surface area contributed by atoms with E-state index in [0.717, 1.165) is 24.5 Å². The van der Waals surface area contributed by atoms with E-state index < -0.39 is 11.6 Å². The van der Waals surface area contributed by atoms with Gasteiger partial charge >= 0.3 is 0 Å². The number of hydrogen-bond donors (Lipinski definition) is 1. The summed E-state index contributed by atoms with van der Waals surface area (Å²) in [6.45, 7) is 0. The number of rotatable bonds is 2. The van der Waals surface area contributed by atoms with E-state index in [1.165, 1.54) is 6.07 Å². The van der Waals surface area contributed by atoms with Crippen LogP contribution in [0.1, 0.15) is 30.9 Å². The van der Waals surface area contributed by atoms with Gasteiger partial charge < -0.3 is 10.6 Å². The van der Waals surface area contributed by atoms with Crippen LogP contribution in [0.25, 0.3) is 0 Å². The molecule has 3 aliphatic rings. The Morgan fingerprint density at radius 3 is 2.58 bits per heavy atom. The molecule has 0 aromatic heterocycles. The van der Waals surface area contributed by atoms with Crippen LogP contribution in [0.3, 0.4) is 0 Å². The Morgan fingerprint density at radius 1 is 1.04 bits per heavy atom. The number of carbonyl (C=O) groups excluding carboxylic acids is 1.